The van der Waals surface area contributed by atoms with Gasteiger partial charge >= 0.3 is 5.97 Å². The van der Waals surface area contributed by atoms with Crippen molar-refractivity contribution >= 4 is 44.6 Å². The third kappa shape index (κ3) is 3.34. The minimum Gasteiger partial charge on any atom is -0.478 e. The van der Waals surface area contributed by atoms with Crippen molar-refractivity contribution < 1.29 is 14.8 Å². The zero-order chi connectivity index (χ0) is 14.7. The van der Waals surface area contributed by atoms with Crippen LogP contribution < -0.4 is 5.32 Å². The SMILES string of the molecule is O=C(O)c1csc(CNc2ccc([N+](=O)[O-])c(Br)c2)c1. The van der Waals surface area contributed by atoms with Crippen LogP contribution in [0.3, 0.4) is 0 Å². The van der Waals surface area contributed by atoms with E-state index in [-0.39, 0.29) is 11.3 Å². The molecule has 0 fully saturated rings. The molecule has 20 heavy (non-hydrogen) atoms. The topological polar surface area (TPSA) is 92.5 Å². The number of carboxylic acid groups (broad SMARTS) is 1. The van der Waals surface area contributed by atoms with E-state index in [9.17, 15) is 14.9 Å². The van der Waals surface area contributed by atoms with Gasteiger partial charge in [-0.1, -0.05) is 0 Å². The van der Waals surface area contributed by atoms with Crippen molar-refractivity contribution in [2.75, 3.05) is 5.32 Å². The van der Waals surface area contributed by atoms with Gasteiger partial charge in [0.1, 0.15) is 0 Å². The van der Waals surface area contributed by atoms with Gasteiger partial charge in [0.15, 0.2) is 0 Å². The van der Waals surface area contributed by atoms with E-state index < -0.39 is 10.9 Å². The van der Waals surface area contributed by atoms with Gasteiger partial charge in [-0.2, -0.15) is 0 Å². The standard InChI is InChI=1S/C12H9BrN2O4S/c13-10-4-8(1-2-11(10)15(18)19)14-5-9-3-7(6-20-9)12(16)17/h1-4,6,14H,5H2,(H,16,17). The lowest BCUT2D eigenvalue weighted by Gasteiger charge is -2.05. The predicted molar refractivity (Wildman–Crippen MR) is 79.4 cm³/mol. The maximum absolute atomic E-state index is 10.8. The fourth-order valence-corrected chi connectivity index (χ4v) is 2.86. The summed E-state index contributed by atoms with van der Waals surface area (Å²) in [6.07, 6.45) is 0. The van der Waals surface area contributed by atoms with Crippen LogP contribution in [0.1, 0.15) is 15.2 Å². The van der Waals surface area contributed by atoms with Crippen molar-refractivity contribution in [1.82, 2.24) is 0 Å². The highest BCUT2D eigenvalue weighted by molar-refractivity contribution is 9.10. The summed E-state index contributed by atoms with van der Waals surface area (Å²) in [6.45, 7) is 0.461. The minimum absolute atomic E-state index is 0.000151. The first-order chi connectivity index (χ1) is 9.47. The highest BCUT2D eigenvalue weighted by Gasteiger charge is 2.12. The number of nitrogens with zero attached hydrogens (tertiary/aromatic N) is 1. The van der Waals surface area contributed by atoms with Crippen molar-refractivity contribution in [2.24, 2.45) is 0 Å². The van der Waals surface area contributed by atoms with Crippen molar-refractivity contribution in [1.29, 1.82) is 0 Å². The molecule has 104 valence electrons. The normalized spacial score (nSPS) is 10.2. The molecule has 0 amide bonds. The van der Waals surface area contributed by atoms with Crippen molar-refractivity contribution in [3.8, 4) is 0 Å². The molecule has 0 aliphatic rings. The number of nitro groups is 1. The lowest BCUT2D eigenvalue weighted by Crippen LogP contribution is -1.99. The number of aromatic carboxylic acids is 1. The Balaban J connectivity index is 2.05. The average molecular weight is 357 g/mol. The Labute approximate surface area is 126 Å². The summed E-state index contributed by atoms with van der Waals surface area (Å²) < 4.78 is 0.393. The molecular formula is C12H9BrN2O4S. The second-order valence-electron chi connectivity index (χ2n) is 3.88. The number of carboxylic acids is 1. The predicted octanol–water partition coefficient (Wildman–Crippen LogP) is 3.73. The van der Waals surface area contributed by atoms with Gasteiger partial charge in [-0.05, 0) is 34.1 Å². The minimum atomic E-state index is -0.953. The van der Waals surface area contributed by atoms with E-state index >= 15 is 0 Å². The Morgan fingerprint density at radius 1 is 1.45 bits per heavy atom. The number of nitro benzene ring substituents is 1. The third-order valence-corrected chi connectivity index (χ3v) is 4.08. The number of rotatable bonds is 5. The summed E-state index contributed by atoms with van der Waals surface area (Å²) in [6, 6.07) is 6.22. The number of hydrogen-bond donors (Lipinski definition) is 2. The Morgan fingerprint density at radius 2 is 2.20 bits per heavy atom. The van der Waals surface area contributed by atoms with Crippen LogP contribution in [0, 0.1) is 10.1 Å². The molecule has 2 rings (SSSR count). The largest absolute Gasteiger partial charge is 0.478 e. The van der Waals surface area contributed by atoms with Crippen LogP contribution >= 0.6 is 27.3 Å². The molecule has 1 heterocycles. The molecule has 0 aliphatic heterocycles. The van der Waals surface area contributed by atoms with Gasteiger partial charge in [0.25, 0.3) is 5.69 Å². The maximum atomic E-state index is 10.8. The quantitative estimate of drug-likeness (QED) is 0.628. The Morgan fingerprint density at radius 3 is 2.75 bits per heavy atom. The highest BCUT2D eigenvalue weighted by atomic mass is 79.9. The number of nitrogens with one attached hydrogen (secondary N) is 1. The number of carbonyl (C=O) groups is 1. The van der Waals surface area contributed by atoms with Crippen LogP contribution in [0.4, 0.5) is 11.4 Å². The van der Waals surface area contributed by atoms with Crippen molar-refractivity contribution in [3.63, 3.8) is 0 Å². The third-order valence-electron chi connectivity index (χ3n) is 2.51. The summed E-state index contributed by atoms with van der Waals surface area (Å²) in [7, 11) is 0. The number of halogens is 1. The Kier molecular flexibility index (Phi) is 4.35. The summed E-state index contributed by atoms with van der Waals surface area (Å²) in [4.78, 5) is 21.8. The number of thiophene rings is 1. The van der Waals surface area contributed by atoms with E-state index in [1.54, 1.807) is 23.6 Å². The van der Waals surface area contributed by atoms with Gasteiger partial charge in [-0.15, -0.1) is 11.3 Å². The summed E-state index contributed by atoms with van der Waals surface area (Å²) in [5, 5.41) is 24.2. The molecule has 0 saturated heterocycles. The van der Waals surface area contributed by atoms with Gasteiger partial charge < -0.3 is 10.4 Å². The summed E-state index contributed by atoms with van der Waals surface area (Å²) >= 11 is 4.49. The molecule has 0 aliphatic carbocycles. The molecule has 8 heteroatoms. The maximum Gasteiger partial charge on any atom is 0.336 e. The molecule has 0 saturated carbocycles. The van der Waals surface area contributed by atoms with Crippen LogP contribution in [0.25, 0.3) is 0 Å². The first kappa shape index (κ1) is 14.5. The van der Waals surface area contributed by atoms with Crippen LogP contribution in [0.15, 0.2) is 34.1 Å². The molecular weight excluding hydrogens is 348 g/mol. The van der Waals surface area contributed by atoms with Crippen molar-refractivity contribution in [3.05, 3.63) is 54.7 Å². The van der Waals surface area contributed by atoms with Gasteiger partial charge in [-0.25, -0.2) is 4.79 Å². The molecule has 1 aromatic carbocycles. The molecule has 2 N–H and O–H groups in total. The lowest BCUT2D eigenvalue weighted by atomic mass is 10.2. The van der Waals surface area contributed by atoms with Gasteiger partial charge in [0, 0.05) is 28.6 Å². The van der Waals surface area contributed by atoms with E-state index in [0.29, 0.717) is 16.7 Å². The fraction of sp³-hybridized carbons (Fsp3) is 0.0833. The first-order valence-electron chi connectivity index (χ1n) is 5.46. The number of hydrogen-bond acceptors (Lipinski definition) is 5. The fourth-order valence-electron chi connectivity index (χ4n) is 1.54. The summed E-state index contributed by atoms with van der Waals surface area (Å²) in [5.74, 6) is -0.953. The molecule has 6 nitrogen and oxygen atoms in total. The van der Waals surface area contributed by atoms with Crippen LogP contribution in [-0.2, 0) is 6.54 Å². The number of benzene rings is 1. The van der Waals surface area contributed by atoms with Crippen LogP contribution in [-0.4, -0.2) is 16.0 Å². The summed E-state index contributed by atoms with van der Waals surface area (Å²) in [5.41, 5.74) is 0.976. The average Bonchev–Trinajstić information content (AvgIpc) is 2.85. The van der Waals surface area contributed by atoms with Gasteiger partial charge in [0.05, 0.1) is 15.0 Å². The number of anilines is 1. The highest BCUT2D eigenvalue weighted by Crippen LogP contribution is 2.28. The Bertz CT molecular complexity index is 671. The van der Waals surface area contributed by atoms with E-state index in [2.05, 4.69) is 21.2 Å². The molecule has 0 spiro atoms. The molecule has 1 aromatic heterocycles. The van der Waals surface area contributed by atoms with E-state index in [1.165, 1.54) is 17.4 Å². The lowest BCUT2D eigenvalue weighted by molar-refractivity contribution is -0.385. The van der Waals surface area contributed by atoms with Crippen LogP contribution in [0.2, 0.25) is 0 Å². The second kappa shape index (κ2) is 6.02. The second-order valence-corrected chi connectivity index (χ2v) is 5.73. The van der Waals surface area contributed by atoms with E-state index in [4.69, 9.17) is 5.11 Å². The van der Waals surface area contributed by atoms with Crippen molar-refractivity contribution in [2.45, 2.75) is 6.54 Å². The first-order valence-corrected chi connectivity index (χ1v) is 7.13. The molecule has 2 aromatic rings. The van der Waals surface area contributed by atoms with E-state index in [0.717, 1.165) is 4.88 Å². The smallest absolute Gasteiger partial charge is 0.336 e. The Hall–Kier alpha value is -1.93. The molecule has 0 bridgehead atoms. The van der Waals surface area contributed by atoms with E-state index in [1.807, 2.05) is 0 Å². The van der Waals surface area contributed by atoms with Gasteiger partial charge in [0.2, 0.25) is 0 Å². The van der Waals surface area contributed by atoms with Crippen LogP contribution in [0.5, 0.6) is 0 Å². The molecule has 0 radical (unpaired) electrons. The van der Waals surface area contributed by atoms with Gasteiger partial charge in [-0.3, -0.25) is 10.1 Å². The zero-order valence-corrected chi connectivity index (χ0v) is 12.4. The monoisotopic (exact) mass is 356 g/mol. The zero-order valence-electron chi connectivity index (χ0n) is 10.00. The molecule has 0 atom stereocenters. The molecule has 0 unspecified atom stereocenters.